The van der Waals surface area contributed by atoms with E-state index in [1.165, 1.54) is 36.4 Å². The first-order chi connectivity index (χ1) is 20.9. The molecule has 0 saturated heterocycles. The quantitative estimate of drug-likeness (QED) is 0.136. The number of unbranched alkanes of at least 4 members (excludes halogenated alkanes) is 2. The van der Waals surface area contributed by atoms with Gasteiger partial charge in [-0.05, 0) is 87.1 Å². The van der Waals surface area contributed by atoms with Gasteiger partial charge in [-0.1, -0.05) is 26.7 Å². The summed E-state index contributed by atoms with van der Waals surface area (Å²) in [6, 6.07) is 8.19. The maximum atomic E-state index is 11.2. The average molecular weight is 767 g/mol. The van der Waals surface area contributed by atoms with Crippen molar-refractivity contribution < 1.29 is 111 Å². The molecule has 2 aliphatic rings. The Morgan fingerprint density at radius 1 is 0.604 bits per heavy atom. The molecule has 48 heavy (non-hydrogen) atoms. The Bertz CT molecular complexity index is 1870. The number of benzene rings is 2. The molecule has 0 aromatic heterocycles. The van der Waals surface area contributed by atoms with Crippen molar-refractivity contribution in [3.63, 3.8) is 0 Å². The van der Waals surface area contributed by atoms with Crippen LogP contribution < -0.4 is 59.1 Å². The first kappa shape index (κ1) is 45.4. The van der Waals surface area contributed by atoms with Crippen LogP contribution in [0.5, 0.6) is 0 Å². The molecule has 0 saturated carbocycles. The molecule has 2 aliphatic heterocycles. The fraction of sp³-hybridized carbons (Fsp3) is 0.500. The second kappa shape index (κ2) is 16.8. The van der Waals surface area contributed by atoms with E-state index >= 15 is 0 Å². The van der Waals surface area contributed by atoms with Crippen molar-refractivity contribution in [3.8, 4) is 0 Å². The van der Waals surface area contributed by atoms with Crippen LogP contribution in [-0.2, 0) is 51.3 Å². The van der Waals surface area contributed by atoms with E-state index in [2.05, 4.69) is 9.98 Å². The number of nitrogens with zero attached hydrogens (tertiary/aromatic N) is 2. The van der Waals surface area contributed by atoms with Gasteiger partial charge in [0.25, 0.3) is 20.2 Å². The van der Waals surface area contributed by atoms with Gasteiger partial charge in [-0.3, -0.25) is 19.1 Å². The molecule has 14 nitrogen and oxygen atoms in total. The summed E-state index contributed by atoms with van der Waals surface area (Å²) in [7, 11) is -17.1. The summed E-state index contributed by atoms with van der Waals surface area (Å²) in [6.45, 7) is 7.39. The van der Waals surface area contributed by atoms with Crippen LogP contribution in [-0.4, -0.2) is 74.8 Å². The first-order valence-electron chi connectivity index (χ1n) is 14.1. The Kier molecular flexibility index (Phi) is 15.9. The molecule has 2 aromatic carbocycles. The van der Waals surface area contributed by atoms with Gasteiger partial charge in [0.1, 0.15) is 20.2 Å². The van der Waals surface area contributed by atoms with Crippen LogP contribution in [0.3, 0.4) is 0 Å². The molecule has 0 spiro atoms. The van der Waals surface area contributed by atoms with Gasteiger partial charge in [0.2, 0.25) is 0 Å². The molecule has 4 rings (SSSR count). The van der Waals surface area contributed by atoms with Crippen LogP contribution in [0.1, 0.15) is 77.3 Å². The van der Waals surface area contributed by atoms with Crippen molar-refractivity contribution in [2.24, 2.45) is 9.98 Å². The summed E-state index contributed by atoms with van der Waals surface area (Å²) in [4.78, 5) is 8.21. The molecule has 2 aromatic rings. The Labute approximate surface area is 326 Å². The van der Waals surface area contributed by atoms with Crippen LogP contribution in [0.4, 0.5) is 11.4 Å². The summed E-state index contributed by atoms with van der Waals surface area (Å²) in [5, 5.41) is 0. The molecule has 2 atom stereocenters. The van der Waals surface area contributed by atoms with Gasteiger partial charge in [0, 0.05) is 22.3 Å². The van der Waals surface area contributed by atoms with Gasteiger partial charge < -0.3 is 9.11 Å². The predicted octanol–water partition coefficient (Wildman–Crippen LogP) is -1.97. The first-order valence-corrected chi connectivity index (χ1v) is 20.1. The minimum Gasteiger partial charge on any atom is -0.744 e. The van der Waals surface area contributed by atoms with Gasteiger partial charge in [-0.2, -0.15) is 16.8 Å². The molecule has 0 bridgehead atoms. The minimum absolute atomic E-state index is 0. The normalized spacial score (nSPS) is 20.2. The van der Waals surface area contributed by atoms with Crippen molar-refractivity contribution >= 4 is 63.3 Å². The Morgan fingerprint density at radius 2 is 0.917 bits per heavy atom. The molecule has 2 heterocycles. The maximum Gasteiger partial charge on any atom is 1.00 e. The third kappa shape index (κ3) is 11.7. The van der Waals surface area contributed by atoms with Crippen LogP contribution >= 0.6 is 0 Å². The summed E-state index contributed by atoms with van der Waals surface area (Å²) < 4.78 is 128. The van der Waals surface area contributed by atoms with Gasteiger partial charge >= 0.3 is 59.1 Å². The topological polar surface area (TPSA) is 248 Å². The summed E-state index contributed by atoms with van der Waals surface area (Å²) in [6.07, 6.45) is 2.67. The van der Waals surface area contributed by atoms with E-state index in [-0.39, 0.29) is 93.3 Å². The maximum absolute atomic E-state index is 11.2. The van der Waals surface area contributed by atoms with Gasteiger partial charge in [0.15, 0.2) is 0 Å². The minimum atomic E-state index is -4.55. The molecule has 0 fully saturated rings. The van der Waals surface area contributed by atoms with Crippen LogP contribution in [0.15, 0.2) is 56.2 Å². The zero-order chi connectivity index (χ0) is 34.9. The second-order valence-electron chi connectivity index (χ2n) is 11.8. The van der Waals surface area contributed by atoms with E-state index in [1.807, 2.05) is 27.7 Å². The van der Waals surface area contributed by atoms with E-state index < -0.39 is 51.3 Å². The molecule has 20 heteroatoms. The zero-order valence-electron chi connectivity index (χ0n) is 27.6. The number of hydrogen-bond acceptors (Lipinski definition) is 12. The predicted molar refractivity (Wildman–Crippen MR) is 170 cm³/mol. The van der Waals surface area contributed by atoms with Crippen molar-refractivity contribution in [1.29, 1.82) is 0 Å². The van der Waals surface area contributed by atoms with Crippen molar-refractivity contribution in [2.75, 3.05) is 11.5 Å². The monoisotopic (exact) mass is 766 g/mol. The van der Waals surface area contributed by atoms with E-state index in [4.69, 9.17) is 9.11 Å². The Hall–Kier alpha value is -0.580. The van der Waals surface area contributed by atoms with E-state index in [9.17, 15) is 42.8 Å². The van der Waals surface area contributed by atoms with Crippen molar-refractivity contribution in [1.82, 2.24) is 0 Å². The Morgan fingerprint density at radius 3 is 1.19 bits per heavy atom. The van der Waals surface area contributed by atoms with Crippen LogP contribution in [0.2, 0.25) is 0 Å². The molecule has 2 unspecified atom stereocenters. The standard InChI is InChI=1S/2C14H19NO6S2.2Na/c2*1-10-14(2,7-3-4-8-22(16,17)18)12-9-11(23(19,20)21)5-6-13(12)15-10;;/h2*5-6,9H,3-4,7-8H2,1-2H3,(H,16,17,18)(H,19,20,21);;/q;;2*+1/p-2. The van der Waals surface area contributed by atoms with Gasteiger partial charge in [0.05, 0.1) is 32.7 Å². The summed E-state index contributed by atoms with van der Waals surface area (Å²) in [5.74, 6) is -0.637. The van der Waals surface area contributed by atoms with Crippen molar-refractivity contribution in [3.05, 3.63) is 47.5 Å². The average Bonchev–Trinajstić information content (AvgIpc) is 3.31. The van der Waals surface area contributed by atoms with Crippen LogP contribution in [0, 0.1) is 0 Å². The molecule has 256 valence electrons. The molecule has 2 N–H and O–H groups in total. The van der Waals surface area contributed by atoms with Gasteiger partial charge in [-0.15, -0.1) is 0 Å². The molecule has 0 radical (unpaired) electrons. The second-order valence-corrected chi connectivity index (χ2v) is 17.7. The fourth-order valence-corrected chi connectivity index (χ4v) is 7.71. The molecular formula is C28H36N2Na2O12S4. The number of fused-ring (bicyclic) bond motifs is 2. The van der Waals surface area contributed by atoms with E-state index in [1.54, 1.807) is 0 Å². The van der Waals surface area contributed by atoms with E-state index in [0.29, 0.717) is 48.2 Å². The van der Waals surface area contributed by atoms with Crippen molar-refractivity contribution in [2.45, 2.75) is 86.8 Å². The number of rotatable bonds is 12. The molecule has 0 amide bonds. The van der Waals surface area contributed by atoms with Gasteiger partial charge in [-0.25, -0.2) is 16.8 Å². The third-order valence-electron chi connectivity index (χ3n) is 8.53. The summed E-state index contributed by atoms with van der Waals surface area (Å²) in [5.41, 5.74) is 2.97. The smallest absolute Gasteiger partial charge is 0.744 e. The largest absolute Gasteiger partial charge is 1.00 e. The van der Waals surface area contributed by atoms with E-state index in [0.717, 1.165) is 11.4 Å². The number of aliphatic imine (C=N–C) groups is 2. The fourth-order valence-electron chi connectivity index (χ4n) is 5.58. The molecular weight excluding hydrogens is 731 g/mol. The Balaban J connectivity index is 0.000000461. The zero-order valence-corrected chi connectivity index (χ0v) is 34.9. The number of hydrogen-bond donors (Lipinski definition) is 2. The molecule has 0 aliphatic carbocycles. The third-order valence-corrected chi connectivity index (χ3v) is 11.8. The van der Waals surface area contributed by atoms with Crippen LogP contribution in [0.25, 0.3) is 0 Å². The summed E-state index contributed by atoms with van der Waals surface area (Å²) >= 11 is 0. The SMILES string of the molecule is CC1=Nc2ccc(S(=O)(=O)[O-])cc2C1(C)CCCCS(=O)(=O)O.CC1=Nc2ccc(S(=O)(=O)[O-])cc2C1(C)CCCCS(=O)(=O)O.[Na+].[Na+].